The van der Waals surface area contributed by atoms with Crippen molar-refractivity contribution >= 4 is 18.0 Å². The predicted molar refractivity (Wildman–Crippen MR) is 97.6 cm³/mol. The number of carbonyl (C=O) groups excluding carboxylic acids is 3. The largest absolute Gasteiger partial charge is 0.469 e. The zero-order valence-electron chi connectivity index (χ0n) is 15.6. The molecule has 0 saturated carbocycles. The third-order valence-corrected chi connectivity index (χ3v) is 4.53. The molecule has 1 aromatic carbocycles. The Morgan fingerprint density at radius 3 is 2.41 bits per heavy atom. The van der Waals surface area contributed by atoms with Crippen molar-refractivity contribution in [2.45, 2.75) is 31.9 Å². The number of rotatable bonds is 7. The van der Waals surface area contributed by atoms with Crippen LogP contribution in [0.3, 0.4) is 0 Å². The number of hydrogen-bond donors (Lipinski definition) is 1. The van der Waals surface area contributed by atoms with Gasteiger partial charge in [-0.05, 0) is 30.7 Å². The number of amides is 1. The maximum absolute atomic E-state index is 12.4. The van der Waals surface area contributed by atoms with Crippen molar-refractivity contribution in [2.24, 2.45) is 11.8 Å². The Balaban J connectivity index is 2.12. The first kappa shape index (κ1) is 20.5. The molecule has 0 aliphatic heterocycles. The van der Waals surface area contributed by atoms with E-state index in [0.717, 1.165) is 18.4 Å². The van der Waals surface area contributed by atoms with Crippen LogP contribution in [0.4, 0.5) is 4.79 Å². The van der Waals surface area contributed by atoms with E-state index in [9.17, 15) is 14.4 Å². The van der Waals surface area contributed by atoms with Crippen molar-refractivity contribution in [3.63, 3.8) is 0 Å². The van der Waals surface area contributed by atoms with E-state index < -0.39 is 30.0 Å². The number of ether oxygens (including phenoxy) is 3. The highest BCUT2D eigenvalue weighted by Crippen LogP contribution is 2.29. The summed E-state index contributed by atoms with van der Waals surface area (Å²) in [6.45, 7) is 0.0484. The smallest absolute Gasteiger partial charge is 0.408 e. The van der Waals surface area contributed by atoms with E-state index in [1.54, 1.807) is 0 Å². The lowest BCUT2D eigenvalue weighted by atomic mass is 9.80. The summed E-state index contributed by atoms with van der Waals surface area (Å²) in [6.07, 6.45) is 5.57. The second kappa shape index (κ2) is 10.4. The number of allylic oxidation sites excluding steroid dienone is 2. The van der Waals surface area contributed by atoms with Crippen LogP contribution in [0.25, 0.3) is 0 Å². The van der Waals surface area contributed by atoms with Gasteiger partial charge >= 0.3 is 18.0 Å². The second-order valence-corrected chi connectivity index (χ2v) is 6.28. The van der Waals surface area contributed by atoms with E-state index in [1.165, 1.54) is 14.2 Å². The number of hydrogen-bond acceptors (Lipinski definition) is 6. The van der Waals surface area contributed by atoms with Crippen LogP contribution in [-0.4, -0.2) is 38.3 Å². The molecule has 7 heteroatoms. The fourth-order valence-corrected chi connectivity index (χ4v) is 3.15. The topological polar surface area (TPSA) is 90.9 Å². The Morgan fingerprint density at radius 2 is 1.81 bits per heavy atom. The van der Waals surface area contributed by atoms with Crippen molar-refractivity contribution in [1.29, 1.82) is 0 Å². The molecule has 1 N–H and O–H groups in total. The lowest BCUT2D eigenvalue weighted by Gasteiger charge is -2.30. The third-order valence-electron chi connectivity index (χ3n) is 4.53. The number of methoxy groups -OCH3 is 2. The Labute approximate surface area is 158 Å². The molecule has 7 nitrogen and oxygen atoms in total. The van der Waals surface area contributed by atoms with Gasteiger partial charge in [-0.1, -0.05) is 42.5 Å². The van der Waals surface area contributed by atoms with E-state index >= 15 is 0 Å². The number of carbonyl (C=O) groups is 3. The maximum Gasteiger partial charge on any atom is 0.408 e. The first-order valence-corrected chi connectivity index (χ1v) is 8.86. The average molecular weight is 375 g/mol. The number of nitrogens with one attached hydrogen (secondary N) is 1. The van der Waals surface area contributed by atoms with Crippen molar-refractivity contribution in [3.05, 3.63) is 48.0 Å². The Bertz CT molecular complexity index is 672. The van der Waals surface area contributed by atoms with E-state index in [0.29, 0.717) is 6.42 Å². The molecule has 1 amide bonds. The number of esters is 2. The predicted octanol–water partition coefficient (Wildman–Crippen LogP) is 2.60. The summed E-state index contributed by atoms with van der Waals surface area (Å²) >= 11 is 0. The normalized spacial score (nSPS) is 18.1. The van der Waals surface area contributed by atoms with Gasteiger partial charge in [-0.25, -0.2) is 9.59 Å². The van der Waals surface area contributed by atoms with Crippen molar-refractivity contribution in [2.75, 3.05) is 14.2 Å². The minimum absolute atomic E-state index is 0.0484. The summed E-state index contributed by atoms with van der Waals surface area (Å²) in [6, 6.07) is 7.95. The van der Waals surface area contributed by atoms with Crippen LogP contribution in [0.1, 0.15) is 24.8 Å². The van der Waals surface area contributed by atoms with E-state index in [-0.39, 0.29) is 12.5 Å². The molecule has 1 aliphatic carbocycles. The van der Waals surface area contributed by atoms with E-state index in [4.69, 9.17) is 14.2 Å². The lowest BCUT2D eigenvalue weighted by Crippen LogP contribution is -2.51. The van der Waals surface area contributed by atoms with Gasteiger partial charge in [-0.3, -0.25) is 4.79 Å². The fourth-order valence-electron chi connectivity index (χ4n) is 3.15. The van der Waals surface area contributed by atoms with Gasteiger partial charge in [-0.2, -0.15) is 0 Å². The number of benzene rings is 1. The van der Waals surface area contributed by atoms with Crippen molar-refractivity contribution < 1.29 is 28.6 Å². The van der Waals surface area contributed by atoms with Gasteiger partial charge in [0.15, 0.2) is 0 Å². The first-order valence-electron chi connectivity index (χ1n) is 8.86. The molecule has 0 spiro atoms. The molecule has 0 saturated heterocycles. The molecule has 0 radical (unpaired) electrons. The molecule has 27 heavy (non-hydrogen) atoms. The van der Waals surface area contributed by atoms with E-state index in [1.807, 2.05) is 42.5 Å². The van der Waals surface area contributed by atoms with Gasteiger partial charge in [0.1, 0.15) is 12.6 Å². The van der Waals surface area contributed by atoms with Gasteiger partial charge < -0.3 is 19.5 Å². The Morgan fingerprint density at radius 1 is 1.11 bits per heavy atom. The molecule has 1 aliphatic rings. The molecule has 2 rings (SSSR count). The van der Waals surface area contributed by atoms with Crippen molar-refractivity contribution in [1.82, 2.24) is 5.32 Å². The Kier molecular flexibility index (Phi) is 7.85. The molecule has 0 aromatic heterocycles. The summed E-state index contributed by atoms with van der Waals surface area (Å²) in [5.41, 5.74) is 0.807. The van der Waals surface area contributed by atoms with Gasteiger partial charge in [0.2, 0.25) is 0 Å². The van der Waals surface area contributed by atoms with Crippen LogP contribution >= 0.6 is 0 Å². The second-order valence-electron chi connectivity index (χ2n) is 6.28. The van der Waals surface area contributed by atoms with Gasteiger partial charge in [-0.15, -0.1) is 0 Å². The molecule has 0 fully saturated rings. The minimum Gasteiger partial charge on any atom is -0.469 e. The maximum atomic E-state index is 12.4. The molecule has 0 heterocycles. The highest BCUT2D eigenvalue weighted by molar-refractivity contribution is 5.88. The summed E-state index contributed by atoms with van der Waals surface area (Å²) in [5.74, 6) is -2.42. The molecule has 1 unspecified atom stereocenters. The molecule has 3 atom stereocenters. The minimum atomic E-state index is -1.20. The van der Waals surface area contributed by atoms with Gasteiger partial charge in [0.05, 0.1) is 20.1 Å². The monoisotopic (exact) mass is 375 g/mol. The van der Waals surface area contributed by atoms with Gasteiger partial charge in [0.25, 0.3) is 0 Å². The zero-order valence-corrected chi connectivity index (χ0v) is 15.6. The summed E-state index contributed by atoms with van der Waals surface area (Å²) in [5, 5.41) is 2.48. The standard InChI is InChI=1S/C20H25NO6/c1-25-18(22)16(15-11-7-4-8-12-15)17(19(23)26-2)21-20(24)27-13-14-9-5-3-6-10-14/h3,5-7,9-11,15-17H,4,8,12-13H2,1-2H3,(H,21,24)/t15?,16-,17+/m1/s1. The van der Waals surface area contributed by atoms with Crippen LogP contribution < -0.4 is 5.32 Å². The lowest BCUT2D eigenvalue weighted by molar-refractivity contribution is -0.156. The van der Waals surface area contributed by atoms with E-state index in [2.05, 4.69) is 5.32 Å². The van der Waals surface area contributed by atoms with Gasteiger partial charge in [0, 0.05) is 0 Å². The summed E-state index contributed by atoms with van der Waals surface area (Å²) in [7, 11) is 2.46. The van der Waals surface area contributed by atoms with Crippen LogP contribution in [0.15, 0.2) is 42.5 Å². The SMILES string of the molecule is COC(=O)[C@@H](NC(=O)OCc1ccccc1)[C@H](C(=O)OC)C1C=CCCC1. The quantitative estimate of drug-likeness (QED) is 0.447. The van der Waals surface area contributed by atoms with Crippen LogP contribution in [0.2, 0.25) is 0 Å². The number of alkyl carbamates (subject to hydrolysis) is 1. The highest BCUT2D eigenvalue weighted by atomic mass is 16.6. The van der Waals surface area contributed by atoms with Crippen LogP contribution in [0, 0.1) is 11.8 Å². The molecule has 0 bridgehead atoms. The zero-order chi connectivity index (χ0) is 19.6. The summed E-state index contributed by atoms with van der Waals surface area (Å²) < 4.78 is 14.9. The molecule has 146 valence electrons. The van der Waals surface area contributed by atoms with Crippen LogP contribution in [0.5, 0.6) is 0 Å². The fraction of sp³-hybridized carbons (Fsp3) is 0.450. The molecular formula is C20H25NO6. The summed E-state index contributed by atoms with van der Waals surface area (Å²) in [4.78, 5) is 36.9. The first-order chi connectivity index (χ1) is 13.1. The third kappa shape index (κ3) is 5.84. The van der Waals surface area contributed by atoms with Crippen molar-refractivity contribution in [3.8, 4) is 0 Å². The molecular weight excluding hydrogens is 350 g/mol. The Hall–Kier alpha value is -2.83. The van der Waals surface area contributed by atoms with Crippen LogP contribution in [-0.2, 0) is 30.4 Å². The molecule has 1 aromatic rings. The highest BCUT2D eigenvalue weighted by Gasteiger charge is 2.41. The average Bonchev–Trinajstić information content (AvgIpc) is 2.72.